The van der Waals surface area contributed by atoms with Crippen LogP contribution in [0.1, 0.15) is 15.9 Å². The van der Waals surface area contributed by atoms with Crippen LogP contribution in [0.25, 0.3) is 0 Å². The normalized spacial score (nSPS) is 18.5. The Kier molecular flexibility index (Phi) is 5.48. The van der Waals surface area contributed by atoms with Gasteiger partial charge in [0, 0.05) is 14.1 Å². The number of carbonyl (C=O) groups excluding carboxylic acids is 4. The summed E-state index contributed by atoms with van der Waals surface area (Å²) in [5.74, 6) is -1.08. The maximum absolute atomic E-state index is 12.4. The van der Waals surface area contributed by atoms with Gasteiger partial charge in [-0.1, -0.05) is 12.1 Å². The van der Waals surface area contributed by atoms with E-state index < -0.39 is 29.9 Å². The number of likely N-dealkylation sites (N-methyl/N-ethyl adjacent to an activating group) is 2. The number of hydrazone groups is 1. The standard InChI is InChI=1S/C18H18N6O5/c1-22-15-14(16(26)23(2)18(22)28)24(10-19-15)9-13(25)21-20-8-11-4-6-12(7-5-11)17(27)29-3/h4-8,10,14H,9H2,1-3H3/p+1. The predicted molar refractivity (Wildman–Crippen MR) is 102 cm³/mol. The Morgan fingerprint density at radius 3 is 2.59 bits per heavy atom. The number of methoxy groups -OCH3 is 1. The molecule has 3 rings (SSSR count). The van der Waals surface area contributed by atoms with Crippen molar-refractivity contribution in [3.63, 3.8) is 0 Å². The first-order valence-electron chi connectivity index (χ1n) is 8.55. The van der Waals surface area contributed by atoms with E-state index in [-0.39, 0.29) is 12.4 Å². The van der Waals surface area contributed by atoms with Crippen LogP contribution in [0.15, 0.2) is 34.4 Å². The summed E-state index contributed by atoms with van der Waals surface area (Å²) in [6.45, 7) is -0.169. The average Bonchev–Trinajstić information content (AvgIpc) is 3.14. The maximum Gasteiger partial charge on any atom is 0.337 e. The zero-order chi connectivity index (χ0) is 21.1. The van der Waals surface area contributed by atoms with Crippen molar-refractivity contribution in [2.24, 2.45) is 10.1 Å². The summed E-state index contributed by atoms with van der Waals surface area (Å²) in [5, 5.41) is 3.86. The highest BCUT2D eigenvalue weighted by atomic mass is 16.5. The molecule has 11 heteroatoms. The lowest BCUT2D eigenvalue weighted by Crippen LogP contribution is -2.61. The van der Waals surface area contributed by atoms with Gasteiger partial charge in [-0.25, -0.2) is 19.6 Å². The molecule has 0 bridgehead atoms. The lowest BCUT2D eigenvalue weighted by atomic mass is 10.1. The first kappa shape index (κ1) is 19.9. The molecule has 29 heavy (non-hydrogen) atoms. The number of fused-ring (bicyclic) bond motifs is 1. The highest BCUT2D eigenvalue weighted by Gasteiger charge is 2.50. The number of esters is 1. The number of ether oxygens (including phenoxy) is 1. The van der Waals surface area contributed by atoms with Crippen molar-refractivity contribution >= 4 is 42.2 Å². The van der Waals surface area contributed by atoms with Gasteiger partial charge in [0.25, 0.3) is 30.0 Å². The second-order valence-electron chi connectivity index (χ2n) is 6.32. The molecule has 0 spiro atoms. The molecule has 4 amide bonds. The first-order valence-corrected chi connectivity index (χ1v) is 8.55. The van der Waals surface area contributed by atoms with Crippen molar-refractivity contribution < 1.29 is 28.5 Å². The third-order valence-electron chi connectivity index (χ3n) is 4.46. The van der Waals surface area contributed by atoms with Crippen LogP contribution in [0.4, 0.5) is 4.79 Å². The highest BCUT2D eigenvalue weighted by Crippen LogP contribution is 2.16. The van der Waals surface area contributed by atoms with Gasteiger partial charge in [-0.2, -0.15) is 5.10 Å². The third-order valence-corrected chi connectivity index (χ3v) is 4.46. The number of nitrogens with zero attached hydrogens (tertiary/aromatic N) is 5. The van der Waals surface area contributed by atoms with Gasteiger partial charge in [-0.3, -0.25) is 19.4 Å². The van der Waals surface area contributed by atoms with E-state index in [1.165, 1.54) is 43.2 Å². The molecule has 2 heterocycles. The van der Waals surface area contributed by atoms with Crippen LogP contribution in [0, 0.1) is 0 Å². The number of imide groups is 1. The lowest BCUT2D eigenvalue weighted by Gasteiger charge is -2.30. The molecular formula is C18H19N6O5+. The van der Waals surface area contributed by atoms with E-state index in [2.05, 4.69) is 20.3 Å². The quantitative estimate of drug-likeness (QED) is 0.303. The summed E-state index contributed by atoms with van der Waals surface area (Å²) >= 11 is 0. The van der Waals surface area contributed by atoms with Crippen molar-refractivity contribution in [1.29, 1.82) is 0 Å². The second kappa shape index (κ2) is 8.00. The molecule has 150 valence electrons. The number of urea groups is 1. The number of rotatable bonds is 5. The zero-order valence-electron chi connectivity index (χ0n) is 16.0. The van der Waals surface area contributed by atoms with Crippen LogP contribution in [0.5, 0.6) is 0 Å². The van der Waals surface area contributed by atoms with E-state index in [9.17, 15) is 19.2 Å². The van der Waals surface area contributed by atoms with Crippen LogP contribution in [-0.2, 0) is 14.3 Å². The number of nitrogens with one attached hydrogen (secondary N) is 1. The largest absolute Gasteiger partial charge is 0.465 e. The maximum atomic E-state index is 12.4. The summed E-state index contributed by atoms with van der Waals surface area (Å²) in [5.41, 5.74) is 3.44. The molecule has 1 fully saturated rings. The first-order chi connectivity index (χ1) is 13.8. The number of hydrogen-bond donors (Lipinski definition) is 1. The zero-order valence-corrected chi connectivity index (χ0v) is 16.0. The number of benzene rings is 1. The predicted octanol–water partition coefficient (Wildman–Crippen LogP) is -0.731. The summed E-state index contributed by atoms with van der Waals surface area (Å²) in [6.07, 6.45) is 2.77. The molecule has 0 radical (unpaired) electrons. The topological polar surface area (TPSA) is 124 Å². The minimum Gasteiger partial charge on any atom is -0.465 e. The summed E-state index contributed by atoms with van der Waals surface area (Å²) in [4.78, 5) is 54.3. The Morgan fingerprint density at radius 1 is 1.24 bits per heavy atom. The van der Waals surface area contributed by atoms with E-state index >= 15 is 0 Å². The Morgan fingerprint density at radius 2 is 1.93 bits per heavy atom. The third kappa shape index (κ3) is 3.88. The minimum atomic E-state index is -0.830. The number of hydrogen-bond acceptors (Lipinski definition) is 7. The van der Waals surface area contributed by atoms with Gasteiger partial charge >= 0.3 is 12.0 Å². The monoisotopic (exact) mass is 399 g/mol. The van der Waals surface area contributed by atoms with E-state index in [1.807, 2.05) is 0 Å². The molecule has 1 aromatic rings. The van der Waals surface area contributed by atoms with Crippen LogP contribution in [0.2, 0.25) is 0 Å². The highest BCUT2D eigenvalue weighted by molar-refractivity contribution is 6.21. The average molecular weight is 399 g/mol. The molecule has 0 aliphatic carbocycles. The second-order valence-corrected chi connectivity index (χ2v) is 6.32. The fourth-order valence-corrected chi connectivity index (χ4v) is 2.88. The lowest BCUT2D eigenvalue weighted by molar-refractivity contribution is -0.519. The Labute approximate surface area is 165 Å². The van der Waals surface area contributed by atoms with Gasteiger partial charge in [-0.15, -0.1) is 0 Å². The number of amidine groups is 1. The van der Waals surface area contributed by atoms with Crippen molar-refractivity contribution in [3.05, 3.63) is 35.4 Å². The molecule has 1 atom stereocenters. The van der Waals surface area contributed by atoms with Crippen LogP contribution >= 0.6 is 0 Å². The number of carbonyl (C=O) groups is 4. The molecule has 2 aliphatic heterocycles. The molecule has 11 nitrogen and oxygen atoms in total. The van der Waals surface area contributed by atoms with Gasteiger partial charge in [-0.05, 0) is 22.7 Å². The summed E-state index contributed by atoms with van der Waals surface area (Å²) in [7, 11) is 4.20. The Bertz CT molecular complexity index is 965. The van der Waals surface area contributed by atoms with Crippen molar-refractivity contribution in [2.75, 3.05) is 27.7 Å². The molecule has 1 N–H and O–H groups in total. The van der Waals surface area contributed by atoms with Gasteiger partial charge in [0.1, 0.15) is 0 Å². The van der Waals surface area contributed by atoms with Gasteiger partial charge in [0.2, 0.25) is 0 Å². The van der Waals surface area contributed by atoms with E-state index in [1.54, 1.807) is 24.3 Å². The van der Waals surface area contributed by atoms with E-state index in [0.717, 1.165) is 4.90 Å². The molecule has 0 aromatic heterocycles. The van der Waals surface area contributed by atoms with Crippen LogP contribution in [-0.4, -0.2) is 90.4 Å². The minimum absolute atomic E-state index is 0.169. The summed E-state index contributed by atoms with van der Waals surface area (Å²) in [6, 6.07) is 5.15. The fourth-order valence-electron chi connectivity index (χ4n) is 2.88. The van der Waals surface area contributed by atoms with Crippen LogP contribution in [0.3, 0.4) is 0 Å². The molecular weight excluding hydrogens is 380 g/mol. The molecule has 1 unspecified atom stereocenters. The smallest absolute Gasteiger partial charge is 0.337 e. The molecule has 2 aliphatic rings. The van der Waals surface area contributed by atoms with Crippen molar-refractivity contribution in [1.82, 2.24) is 15.2 Å². The summed E-state index contributed by atoms with van der Waals surface area (Å²) < 4.78 is 6.06. The Hall–Kier alpha value is -3.89. The van der Waals surface area contributed by atoms with Gasteiger partial charge in [0.15, 0.2) is 6.54 Å². The van der Waals surface area contributed by atoms with Crippen molar-refractivity contribution in [3.8, 4) is 0 Å². The van der Waals surface area contributed by atoms with Crippen LogP contribution < -0.4 is 5.43 Å². The van der Waals surface area contributed by atoms with E-state index in [0.29, 0.717) is 11.1 Å². The molecule has 1 saturated heterocycles. The number of aliphatic imine (C=N–C) groups is 1. The fraction of sp³-hybridized carbons (Fsp3) is 0.278. The SMILES string of the molecule is COC(=O)c1ccc(/C=N/NC(=O)C[N+]2=CN=C3C2C(=O)N(C)C(=O)N3C)cc1. The van der Waals surface area contributed by atoms with E-state index in [4.69, 9.17) is 0 Å². The molecule has 0 saturated carbocycles. The van der Waals surface area contributed by atoms with Gasteiger partial charge in [0.05, 0.1) is 18.9 Å². The molecule has 1 aromatic carbocycles. The van der Waals surface area contributed by atoms with Gasteiger partial charge < -0.3 is 4.74 Å². The number of amides is 4. The van der Waals surface area contributed by atoms with Crippen molar-refractivity contribution in [2.45, 2.75) is 6.04 Å². The Balaban J connectivity index is 1.58.